The van der Waals surface area contributed by atoms with Gasteiger partial charge in [0, 0.05) is 42.9 Å². The van der Waals surface area contributed by atoms with Crippen LogP contribution >= 0.6 is 0 Å². The molecule has 0 bridgehead atoms. The number of aryl methyl sites for hydroxylation is 2. The summed E-state index contributed by atoms with van der Waals surface area (Å²) in [5, 5.41) is 0.833. The normalized spacial score (nSPS) is 15.1. The summed E-state index contributed by atoms with van der Waals surface area (Å²) in [5.41, 5.74) is 7.13. The van der Waals surface area contributed by atoms with Crippen molar-refractivity contribution in [3.63, 3.8) is 0 Å². The van der Waals surface area contributed by atoms with E-state index in [9.17, 15) is 14.4 Å². The van der Waals surface area contributed by atoms with Crippen molar-refractivity contribution >= 4 is 22.8 Å². The summed E-state index contributed by atoms with van der Waals surface area (Å²) in [5.74, 6) is 0.227. The van der Waals surface area contributed by atoms with Gasteiger partial charge >= 0.3 is 5.63 Å². The molecule has 3 rings (SSSR count). The van der Waals surface area contributed by atoms with Crippen LogP contribution in [0.2, 0.25) is 0 Å². The maximum Gasteiger partial charge on any atom is 0.336 e. The van der Waals surface area contributed by atoms with Crippen molar-refractivity contribution in [2.45, 2.75) is 32.6 Å². The Labute approximate surface area is 157 Å². The van der Waals surface area contributed by atoms with Crippen LogP contribution in [0.15, 0.2) is 27.4 Å². The third kappa shape index (κ3) is 4.13. The molecule has 7 nitrogen and oxygen atoms in total. The molecule has 2 aromatic rings. The predicted octanol–water partition coefficient (Wildman–Crippen LogP) is 1.77. The highest BCUT2D eigenvalue weighted by Gasteiger charge is 2.25. The minimum Gasteiger partial charge on any atom is -0.496 e. The number of methoxy groups -OCH3 is 1. The minimum absolute atomic E-state index is 0.0522. The summed E-state index contributed by atoms with van der Waals surface area (Å²) in [7, 11) is 1.55. The lowest BCUT2D eigenvalue weighted by Crippen LogP contribution is -2.41. The fraction of sp³-hybridized carbons (Fsp3) is 0.450. The Hall–Kier alpha value is -2.83. The molecule has 0 spiro atoms. The number of likely N-dealkylation sites (tertiary alicyclic amines) is 1. The molecular formula is C20H24N2O5. The second-order valence-corrected chi connectivity index (χ2v) is 6.97. The number of amides is 2. The second-order valence-electron chi connectivity index (χ2n) is 6.97. The van der Waals surface area contributed by atoms with E-state index in [-0.39, 0.29) is 17.7 Å². The zero-order valence-corrected chi connectivity index (χ0v) is 15.6. The summed E-state index contributed by atoms with van der Waals surface area (Å²) in [6, 6.07) is 5.06. The Morgan fingerprint density at radius 2 is 1.96 bits per heavy atom. The Balaban J connectivity index is 1.72. The Bertz CT molecular complexity index is 926. The van der Waals surface area contributed by atoms with E-state index in [2.05, 4.69) is 0 Å². The maximum absolute atomic E-state index is 12.5. The first kappa shape index (κ1) is 18.9. The summed E-state index contributed by atoms with van der Waals surface area (Å²) in [6.07, 6.45) is 2.11. The molecule has 144 valence electrons. The van der Waals surface area contributed by atoms with E-state index in [4.69, 9.17) is 14.9 Å². The number of hydrogen-bond acceptors (Lipinski definition) is 5. The number of piperidine rings is 1. The number of nitrogens with zero attached hydrogens (tertiary/aromatic N) is 1. The Morgan fingerprint density at radius 1 is 1.26 bits per heavy atom. The molecule has 2 N–H and O–H groups in total. The molecule has 2 amide bonds. The van der Waals surface area contributed by atoms with Crippen LogP contribution in [-0.2, 0) is 16.0 Å². The number of carbonyl (C=O) groups excluding carboxylic acids is 2. The number of ether oxygens (including phenoxy) is 1. The van der Waals surface area contributed by atoms with Crippen molar-refractivity contribution in [1.29, 1.82) is 0 Å². The van der Waals surface area contributed by atoms with Crippen molar-refractivity contribution < 1.29 is 18.7 Å². The molecule has 0 saturated carbocycles. The van der Waals surface area contributed by atoms with Crippen molar-refractivity contribution in [3.05, 3.63) is 39.7 Å². The van der Waals surface area contributed by atoms with Crippen LogP contribution in [0.1, 0.15) is 30.4 Å². The van der Waals surface area contributed by atoms with Gasteiger partial charge in [0.15, 0.2) is 0 Å². The van der Waals surface area contributed by atoms with Gasteiger partial charge in [-0.2, -0.15) is 0 Å². The average molecular weight is 372 g/mol. The van der Waals surface area contributed by atoms with E-state index < -0.39 is 5.63 Å². The van der Waals surface area contributed by atoms with Gasteiger partial charge in [-0.25, -0.2) is 4.79 Å². The van der Waals surface area contributed by atoms with Crippen molar-refractivity contribution in [2.75, 3.05) is 20.2 Å². The fourth-order valence-corrected chi connectivity index (χ4v) is 3.59. The van der Waals surface area contributed by atoms with Crippen LogP contribution in [0.4, 0.5) is 0 Å². The number of primary amides is 1. The van der Waals surface area contributed by atoms with Gasteiger partial charge in [-0.3, -0.25) is 9.59 Å². The maximum atomic E-state index is 12.5. The van der Waals surface area contributed by atoms with Gasteiger partial charge in [0.1, 0.15) is 11.3 Å². The molecule has 1 aliphatic rings. The first-order valence-corrected chi connectivity index (χ1v) is 9.07. The van der Waals surface area contributed by atoms with Gasteiger partial charge in [-0.15, -0.1) is 0 Å². The Kier molecular flexibility index (Phi) is 5.48. The predicted molar refractivity (Wildman–Crippen MR) is 101 cm³/mol. The smallest absolute Gasteiger partial charge is 0.336 e. The summed E-state index contributed by atoms with van der Waals surface area (Å²) >= 11 is 0. The number of nitrogens with two attached hydrogens (primary N) is 1. The highest BCUT2D eigenvalue weighted by molar-refractivity contribution is 5.83. The molecule has 2 heterocycles. The summed E-state index contributed by atoms with van der Waals surface area (Å²) in [4.78, 5) is 37.1. The van der Waals surface area contributed by atoms with Crippen molar-refractivity contribution in [3.8, 4) is 5.75 Å². The molecular weight excluding hydrogens is 348 g/mol. The first-order valence-electron chi connectivity index (χ1n) is 9.07. The first-order chi connectivity index (χ1) is 12.9. The van der Waals surface area contributed by atoms with Gasteiger partial charge in [-0.05, 0) is 43.4 Å². The van der Waals surface area contributed by atoms with Crippen LogP contribution in [0, 0.1) is 12.8 Å². The molecule has 1 aliphatic heterocycles. The van der Waals surface area contributed by atoms with Crippen LogP contribution in [0.25, 0.3) is 11.0 Å². The summed E-state index contributed by atoms with van der Waals surface area (Å²) < 4.78 is 10.7. The third-order valence-electron chi connectivity index (χ3n) is 5.21. The Morgan fingerprint density at radius 3 is 2.59 bits per heavy atom. The second kappa shape index (κ2) is 7.82. The molecule has 0 unspecified atom stereocenters. The zero-order valence-electron chi connectivity index (χ0n) is 15.6. The van der Waals surface area contributed by atoms with E-state index in [0.29, 0.717) is 50.1 Å². The van der Waals surface area contributed by atoms with Crippen LogP contribution in [0.3, 0.4) is 0 Å². The molecule has 1 fully saturated rings. The largest absolute Gasteiger partial charge is 0.496 e. The lowest BCUT2D eigenvalue weighted by molar-refractivity contribution is -0.134. The summed E-state index contributed by atoms with van der Waals surface area (Å²) in [6.45, 7) is 2.97. The fourth-order valence-electron chi connectivity index (χ4n) is 3.59. The number of hydrogen-bond donors (Lipinski definition) is 1. The van der Waals surface area contributed by atoms with E-state index in [1.165, 1.54) is 6.07 Å². The topological polar surface area (TPSA) is 103 Å². The van der Waals surface area contributed by atoms with E-state index in [0.717, 1.165) is 16.5 Å². The van der Waals surface area contributed by atoms with Crippen LogP contribution in [0.5, 0.6) is 5.75 Å². The molecule has 0 atom stereocenters. The van der Waals surface area contributed by atoms with Crippen molar-refractivity contribution in [1.82, 2.24) is 4.90 Å². The highest BCUT2D eigenvalue weighted by atomic mass is 16.5. The van der Waals surface area contributed by atoms with Gasteiger partial charge in [0.25, 0.3) is 0 Å². The standard InChI is InChI=1S/C20H24N2O5/c1-12-9-19(24)27-17-11-16(26-2)14(10-15(12)17)3-4-18(23)22-7-5-13(6-8-22)20(21)25/h9-11,13H,3-8H2,1-2H3,(H2,21,25). The molecule has 7 heteroatoms. The number of carbonyl (C=O) groups is 2. The van der Waals surface area contributed by atoms with Crippen LogP contribution in [-0.4, -0.2) is 36.9 Å². The SMILES string of the molecule is COc1cc2oc(=O)cc(C)c2cc1CCC(=O)N1CCC(C(N)=O)CC1. The van der Waals surface area contributed by atoms with Gasteiger partial charge in [0.2, 0.25) is 11.8 Å². The molecule has 0 aliphatic carbocycles. The molecule has 1 saturated heterocycles. The number of benzene rings is 1. The van der Waals surface area contributed by atoms with Gasteiger partial charge in [0.05, 0.1) is 7.11 Å². The van der Waals surface area contributed by atoms with E-state index >= 15 is 0 Å². The van der Waals surface area contributed by atoms with E-state index in [1.54, 1.807) is 18.1 Å². The average Bonchev–Trinajstić information content (AvgIpc) is 2.65. The highest BCUT2D eigenvalue weighted by Crippen LogP contribution is 2.28. The monoisotopic (exact) mass is 372 g/mol. The van der Waals surface area contributed by atoms with Crippen molar-refractivity contribution in [2.24, 2.45) is 11.7 Å². The van der Waals surface area contributed by atoms with Gasteiger partial charge < -0.3 is 19.8 Å². The number of rotatable bonds is 5. The number of fused-ring (bicyclic) bond motifs is 1. The quantitative estimate of drug-likeness (QED) is 0.806. The van der Waals surface area contributed by atoms with E-state index in [1.807, 2.05) is 13.0 Å². The van der Waals surface area contributed by atoms with Gasteiger partial charge in [-0.1, -0.05) is 0 Å². The zero-order chi connectivity index (χ0) is 19.6. The molecule has 0 radical (unpaired) electrons. The lowest BCUT2D eigenvalue weighted by atomic mass is 9.96. The lowest BCUT2D eigenvalue weighted by Gasteiger charge is -2.30. The molecule has 1 aromatic heterocycles. The third-order valence-corrected chi connectivity index (χ3v) is 5.21. The molecule has 1 aromatic carbocycles. The minimum atomic E-state index is -0.399. The molecule has 27 heavy (non-hydrogen) atoms. The van der Waals surface area contributed by atoms with Crippen LogP contribution < -0.4 is 16.1 Å².